The standard InChI is InChI=1S/C14H14INS2/c1-9-8-13(12-6-7-17-14(12)18-9)16-11-4-2-10(15)3-5-11/h2-7,9,13,16H,8H2,1H3/t9-,13?/m0/s1. The zero-order valence-electron chi connectivity index (χ0n) is 10.0. The normalized spacial score (nSPS) is 22.6. The van der Waals surface area contributed by atoms with Gasteiger partial charge in [-0.3, -0.25) is 0 Å². The quantitative estimate of drug-likeness (QED) is 0.694. The van der Waals surface area contributed by atoms with Crippen LogP contribution in [0.5, 0.6) is 0 Å². The Hall–Kier alpha value is -0.200. The maximum atomic E-state index is 3.67. The fourth-order valence-corrected chi connectivity index (χ4v) is 5.16. The van der Waals surface area contributed by atoms with Gasteiger partial charge in [-0.15, -0.1) is 23.1 Å². The highest BCUT2D eigenvalue weighted by Gasteiger charge is 2.25. The van der Waals surface area contributed by atoms with Crippen molar-refractivity contribution in [3.05, 3.63) is 44.8 Å². The Morgan fingerprint density at radius 2 is 2.00 bits per heavy atom. The molecule has 3 rings (SSSR count). The second-order valence-electron chi connectivity index (χ2n) is 4.53. The lowest BCUT2D eigenvalue weighted by atomic mass is 10.0. The summed E-state index contributed by atoms with van der Waals surface area (Å²) in [5.74, 6) is 0. The zero-order valence-corrected chi connectivity index (χ0v) is 13.8. The summed E-state index contributed by atoms with van der Waals surface area (Å²) in [4.78, 5) is 0. The van der Waals surface area contributed by atoms with E-state index in [2.05, 4.69) is 70.5 Å². The number of hydrogen-bond acceptors (Lipinski definition) is 3. The molecule has 0 saturated heterocycles. The number of rotatable bonds is 2. The second-order valence-corrected chi connectivity index (χ2v) is 8.40. The summed E-state index contributed by atoms with van der Waals surface area (Å²) in [6.07, 6.45) is 1.19. The van der Waals surface area contributed by atoms with Crippen molar-refractivity contribution >= 4 is 51.4 Å². The smallest absolute Gasteiger partial charge is 0.0653 e. The molecule has 0 spiro atoms. The topological polar surface area (TPSA) is 12.0 Å². The summed E-state index contributed by atoms with van der Waals surface area (Å²) in [5, 5.41) is 6.57. The van der Waals surface area contributed by atoms with Crippen LogP contribution in [-0.4, -0.2) is 5.25 Å². The molecule has 2 atom stereocenters. The molecule has 2 aromatic rings. The molecule has 2 heterocycles. The number of halogens is 1. The molecule has 1 unspecified atom stereocenters. The highest BCUT2D eigenvalue weighted by atomic mass is 127. The number of fused-ring (bicyclic) bond motifs is 1. The van der Waals surface area contributed by atoms with Gasteiger partial charge in [-0.2, -0.15) is 0 Å². The summed E-state index contributed by atoms with van der Waals surface area (Å²) < 4.78 is 2.76. The molecule has 18 heavy (non-hydrogen) atoms. The predicted octanol–water partition coefficient (Wildman–Crippen LogP) is 5.39. The fraction of sp³-hybridized carbons (Fsp3) is 0.286. The molecule has 0 fully saturated rings. The van der Waals surface area contributed by atoms with Crippen LogP contribution < -0.4 is 5.32 Å². The van der Waals surface area contributed by atoms with Crippen LogP contribution in [0.1, 0.15) is 24.9 Å². The Morgan fingerprint density at radius 3 is 2.78 bits per heavy atom. The minimum atomic E-state index is 0.461. The van der Waals surface area contributed by atoms with Gasteiger partial charge >= 0.3 is 0 Å². The minimum absolute atomic E-state index is 0.461. The molecule has 1 N–H and O–H groups in total. The molecule has 1 aliphatic rings. The van der Waals surface area contributed by atoms with E-state index in [4.69, 9.17) is 0 Å². The largest absolute Gasteiger partial charge is 0.378 e. The van der Waals surface area contributed by atoms with E-state index in [0.29, 0.717) is 11.3 Å². The molecule has 0 saturated carbocycles. The van der Waals surface area contributed by atoms with Crippen molar-refractivity contribution in [2.24, 2.45) is 0 Å². The summed E-state index contributed by atoms with van der Waals surface area (Å²) in [6, 6.07) is 11.4. The fourth-order valence-electron chi connectivity index (χ4n) is 2.23. The first-order valence-corrected chi connectivity index (χ1v) is 8.82. The van der Waals surface area contributed by atoms with Gasteiger partial charge in [-0.1, -0.05) is 6.92 Å². The predicted molar refractivity (Wildman–Crippen MR) is 89.8 cm³/mol. The van der Waals surface area contributed by atoms with Gasteiger partial charge in [0.15, 0.2) is 0 Å². The van der Waals surface area contributed by atoms with Crippen molar-refractivity contribution in [2.75, 3.05) is 5.32 Å². The molecule has 0 radical (unpaired) electrons. The molecule has 94 valence electrons. The Balaban J connectivity index is 1.83. The van der Waals surface area contributed by atoms with E-state index < -0.39 is 0 Å². The summed E-state index contributed by atoms with van der Waals surface area (Å²) >= 11 is 6.22. The van der Waals surface area contributed by atoms with Crippen LogP contribution in [0, 0.1) is 3.57 Å². The number of thiophene rings is 1. The third-order valence-corrected chi connectivity index (χ3v) is 6.16. The van der Waals surface area contributed by atoms with Gasteiger partial charge in [-0.05, 0) is 70.3 Å². The van der Waals surface area contributed by atoms with Crippen LogP contribution in [-0.2, 0) is 0 Å². The van der Waals surface area contributed by atoms with Crippen molar-refractivity contribution in [2.45, 2.75) is 28.8 Å². The van der Waals surface area contributed by atoms with Crippen LogP contribution in [0.15, 0.2) is 39.9 Å². The molecule has 1 aliphatic heterocycles. The molecule has 0 aliphatic carbocycles. The Morgan fingerprint density at radius 1 is 1.22 bits per heavy atom. The molecular weight excluding hydrogens is 373 g/mol. The number of nitrogens with one attached hydrogen (secondary N) is 1. The molecule has 4 heteroatoms. The van der Waals surface area contributed by atoms with Crippen molar-refractivity contribution in [1.29, 1.82) is 0 Å². The average molecular weight is 387 g/mol. The lowest BCUT2D eigenvalue weighted by Crippen LogP contribution is -2.18. The van der Waals surface area contributed by atoms with Gasteiger partial charge in [0, 0.05) is 14.5 Å². The van der Waals surface area contributed by atoms with E-state index in [-0.39, 0.29) is 0 Å². The van der Waals surface area contributed by atoms with Crippen LogP contribution in [0.3, 0.4) is 0 Å². The third-order valence-electron chi connectivity index (χ3n) is 3.09. The van der Waals surface area contributed by atoms with Crippen molar-refractivity contribution in [3.8, 4) is 0 Å². The molecule has 0 amide bonds. The van der Waals surface area contributed by atoms with Gasteiger partial charge in [0.2, 0.25) is 0 Å². The van der Waals surface area contributed by atoms with E-state index in [0.717, 1.165) is 0 Å². The third kappa shape index (κ3) is 2.70. The van der Waals surface area contributed by atoms with Gasteiger partial charge in [0.05, 0.1) is 10.3 Å². The molecule has 1 nitrogen and oxygen atoms in total. The van der Waals surface area contributed by atoms with Crippen molar-refractivity contribution in [3.63, 3.8) is 0 Å². The molecular formula is C14H14INS2. The zero-order chi connectivity index (χ0) is 12.5. The Labute approximate surface area is 130 Å². The van der Waals surface area contributed by atoms with Crippen LogP contribution >= 0.6 is 45.7 Å². The first-order valence-electron chi connectivity index (χ1n) is 5.98. The Kier molecular flexibility index (Phi) is 3.86. The monoisotopic (exact) mass is 387 g/mol. The van der Waals surface area contributed by atoms with E-state index in [1.165, 1.54) is 25.5 Å². The van der Waals surface area contributed by atoms with Crippen LogP contribution in [0.25, 0.3) is 0 Å². The molecule has 1 aromatic carbocycles. The number of hydrogen-bond donors (Lipinski definition) is 1. The highest BCUT2D eigenvalue weighted by molar-refractivity contribution is 14.1. The van der Waals surface area contributed by atoms with E-state index >= 15 is 0 Å². The lowest BCUT2D eigenvalue weighted by Gasteiger charge is -2.28. The average Bonchev–Trinajstić information content (AvgIpc) is 2.80. The van der Waals surface area contributed by atoms with Crippen LogP contribution in [0.4, 0.5) is 5.69 Å². The Bertz CT molecular complexity index is 535. The van der Waals surface area contributed by atoms with Gasteiger partial charge < -0.3 is 5.32 Å². The van der Waals surface area contributed by atoms with E-state index in [9.17, 15) is 0 Å². The summed E-state index contributed by atoms with van der Waals surface area (Å²) in [6.45, 7) is 2.32. The molecule has 0 bridgehead atoms. The SMILES string of the molecule is C[C@H]1CC(Nc2ccc(I)cc2)c2ccsc2S1. The van der Waals surface area contributed by atoms with Crippen molar-refractivity contribution in [1.82, 2.24) is 0 Å². The van der Waals surface area contributed by atoms with E-state index in [1.54, 1.807) is 0 Å². The van der Waals surface area contributed by atoms with Gasteiger partial charge in [0.1, 0.15) is 0 Å². The highest BCUT2D eigenvalue weighted by Crippen LogP contribution is 2.44. The second kappa shape index (κ2) is 5.43. The number of benzene rings is 1. The lowest BCUT2D eigenvalue weighted by molar-refractivity contribution is 0.670. The molecule has 1 aromatic heterocycles. The maximum Gasteiger partial charge on any atom is 0.0653 e. The summed E-state index contributed by atoms with van der Waals surface area (Å²) in [7, 11) is 0. The number of thioether (sulfide) groups is 1. The first-order chi connectivity index (χ1) is 8.72. The summed E-state index contributed by atoms with van der Waals surface area (Å²) in [5.41, 5.74) is 2.69. The first kappa shape index (κ1) is 12.8. The van der Waals surface area contributed by atoms with Gasteiger partial charge in [0.25, 0.3) is 0 Å². The van der Waals surface area contributed by atoms with Gasteiger partial charge in [-0.25, -0.2) is 0 Å². The van der Waals surface area contributed by atoms with Crippen LogP contribution in [0.2, 0.25) is 0 Å². The maximum absolute atomic E-state index is 3.67. The van der Waals surface area contributed by atoms with E-state index in [1.807, 2.05) is 23.1 Å². The van der Waals surface area contributed by atoms with Crippen molar-refractivity contribution < 1.29 is 0 Å². The minimum Gasteiger partial charge on any atom is -0.378 e. The number of anilines is 1.